The molecule has 13 heteroatoms. The van der Waals surface area contributed by atoms with E-state index in [1.165, 1.54) is 9.80 Å². The largest absolute Gasteiger partial charge is 0.489 e. The zero-order valence-electron chi connectivity index (χ0n) is 29.4. The number of amides is 3. The van der Waals surface area contributed by atoms with Gasteiger partial charge in [-0.15, -0.1) is 0 Å². The van der Waals surface area contributed by atoms with Gasteiger partial charge < -0.3 is 24.0 Å². The number of carbonyl (C=O) groups is 3. The average Bonchev–Trinajstić information content (AvgIpc) is 3.34. The summed E-state index contributed by atoms with van der Waals surface area (Å²) in [6.45, 7) is 15.9. The van der Waals surface area contributed by atoms with E-state index in [1.807, 2.05) is 79.5 Å². The van der Waals surface area contributed by atoms with Crippen LogP contribution < -0.4 is 19.4 Å². The monoisotopic (exact) mass is 659 g/mol. The van der Waals surface area contributed by atoms with Crippen LogP contribution >= 0.6 is 0 Å². The van der Waals surface area contributed by atoms with Crippen molar-refractivity contribution in [3.8, 4) is 17.0 Å². The van der Waals surface area contributed by atoms with E-state index in [2.05, 4.69) is 4.98 Å². The quantitative estimate of drug-likeness (QED) is 0.309. The highest BCUT2D eigenvalue weighted by Gasteiger charge is 2.35. The summed E-state index contributed by atoms with van der Waals surface area (Å²) in [5.41, 5.74) is 2.09. The van der Waals surface area contributed by atoms with Crippen LogP contribution in [0, 0.1) is 0 Å². The molecule has 5 heterocycles. The maximum atomic E-state index is 14.1. The average molecular weight is 660 g/mol. The number of hydrogen-bond acceptors (Lipinski definition) is 10. The van der Waals surface area contributed by atoms with Gasteiger partial charge in [0.2, 0.25) is 0 Å². The fraction of sp³-hybridized carbons (Fsp3) is 0.486. The van der Waals surface area contributed by atoms with Gasteiger partial charge in [-0.3, -0.25) is 19.6 Å². The SMILES string of the molecule is CC(C)N(C)c1cc2c(c(CN(C)C(=O)OC(C)(C)C)n1)CN(c1cccc(-c3cncc4c3OCCN4C(=O)OC(C)(C)C)n1)C2=O. The lowest BCUT2D eigenvalue weighted by molar-refractivity contribution is 0.0282. The minimum Gasteiger partial charge on any atom is -0.489 e. The second-order valence-electron chi connectivity index (χ2n) is 14.3. The van der Waals surface area contributed by atoms with E-state index >= 15 is 0 Å². The van der Waals surface area contributed by atoms with Gasteiger partial charge in [0, 0.05) is 31.9 Å². The molecule has 0 saturated carbocycles. The summed E-state index contributed by atoms with van der Waals surface area (Å²) in [6, 6.07) is 7.31. The number of anilines is 3. The van der Waals surface area contributed by atoms with Crippen molar-refractivity contribution in [2.24, 2.45) is 0 Å². The van der Waals surface area contributed by atoms with E-state index in [0.29, 0.717) is 52.1 Å². The first kappa shape index (κ1) is 34.4. The molecule has 0 unspecified atom stereocenters. The lowest BCUT2D eigenvalue weighted by Crippen LogP contribution is -2.41. The molecular weight excluding hydrogens is 614 g/mol. The summed E-state index contributed by atoms with van der Waals surface area (Å²) in [5.74, 6) is 1.29. The van der Waals surface area contributed by atoms with Crippen molar-refractivity contribution in [2.45, 2.75) is 85.7 Å². The smallest absolute Gasteiger partial charge is 0.415 e. The van der Waals surface area contributed by atoms with Gasteiger partial charge in [-0.2, -0.15) is 0 Å². The number of hydrogen-bond donors (Lipinski definition) is 0. The summed E-state index contributed by atoms with van der Waals surface area (Å²) >= 11 is 0. The second kappa shape index (κ2) is 12.9. The zero-order valence-corrected chi connectivity index (χ0v) is 29.4. The molecular formula is C35H45N7O6. The Morgan fingerprint density at radius 3 is 2.38 bits per heavy atom. The van der Waals surface area contributed by atoms with Crippen LogP contribution in [0.1, 0.15) is 77.0 Å². The van der Waals surface area contributed by atoms with Gasteiger partial charge >= 0.3 is 12.2 Å². The van der Waals surface area contributed by atoms with E-state index in [4.69, 9.17) is 24.2 Å². The molecule has 0 atom stereocenters. The van der Waals surface area contributed by atoms with Gasteiger partial charge in [0.25, 0.3) is 5.91 Å². The number of aromatic nitrogens is 3. The molecule has 3 aromatic heterocycles. The minimum absolute atomic E-state index is 0.122. The Hall–Kier alpha value is -4.94. The molecule has 2 aliphatic heterocycles. The van der Waals surface area contributed by atoms with Gasteiger partial charge in [-0.25, -0.2) is 19.6 Å². The predicted octanol–water partition coefficient (Wildman–Crippen LogP) is 6.04. The van der Waals surface area contributed by atoms with Gasteiger partial charge in [0.1, 0.15) is 35.1 Å². The number of nitrogens with zero attached hydrogens (tertiary/aromatic N) is 7. The highest BCUT2D eigenvalue weighted by Crippen LogP contribution is 2.41. The molecule has 0 saturated heterocycles. The molecule has 5 rings (SSSR count). The van der Waals surface area contributed by atoms with Gasteiger partial charge in [-0.05, 0) is 73.6 Å². The number of pyridine rings is 3. The maximum Gasteiger partial charge on any atom is 0.415 e. The van der Waals surface area contributed by atoms with Crippen LogP contribution in [-0.4, -0.2) is 82.4 Å². The number of ether oxygens (including phenoxy) is 3. The minimum atomic E-state index is -0.665. The van der Waals surface area contributed by atoms with E-state index in [0.717, 1.165) is 5.56 Å². The lowest BCUT2D eigenvalue weighted by atomic mass is 10.1. The van der Waals surface area contributed by atoms with Crippen LogP contribution in [-0.2, 0) is 22.6 Å². The second-order valence-corrected chi connectivity index (χ2v) is 14.3. The Labute approximate surface area is 281 Å². The van der Waals surface area contributed by atoms with Crippen molar-refractivity contribution < 1.29 is 28.6 Å². The molecule has 3 aromatic rings. The molecule has 2 aliphatic rings. The molecule has 13 nitrogen and oxygen atoms in total. The third-order valence-corrected chi connectivity index (χ3v) is 7.85. The molecule has 0 bridgehead atoms. The van der Waals surface area contributed by atoms with Gasteiger partial charge in [-0.1, -0.05) is 6.07 Å². The van der Waals surface area contributed by atoms with Gasteiger partial charge in [0.15, 0.2) is 5.75 Å². The molecule has 256 valence electrons. The Balaban J connectivity index is 1.48. The molecule has 0 spiro atoms. The molecule has 0 aliphatic carbocycles. The molecule has 0 fully saturated rings. The zero-order chi connectivity index (χ0) is 35.1. The molecule has 0 N–H and O–H groups in total. The molecule has 3 amide bonds. The summed E-state index contributed by atoms with van der Waals surface area (Å²) in [4.78, 5) is 60.7. The third kappa shape index (κ3) is 7.29. The van der Waals surface area contributed by atoms with E-state index in [1.54, 1.807) is 36.5 Å². The van der Waals surface area contributed by atoms with E-state index < -0.39 is 23.4 Å². The summed E-state index contributed by atoms with van der Waals surface area (Å²) < 4.78 is 17.2. The fourth-order valence-corrected chi connectivity index (χ4v) is 5.30. The summed E-state index contributed by atoms with van der Waals surface area (Å²) in [6.07, 6.45) is 2.23. The van der Waals surface area contributed by atoms with Crippen LogP contribution in [0.3, 0.4) is 0 Å². The van der Waals surface area contributed by atoms with Crippen molar-refractivity contribution in [1.29, 1.82) is 0 Å². The Bertz CT molecular complexity index is 1730. The van der Waals surface area contributed by atoms with Crippen LogP contribution in [0.2, 0.25) is 0 Å². The first-order valence-corrected chi connectivity index (χ1v) is 16.0. The van der Waals surface area contributed by atoms with Crippen molar-refractivity contribution in [2.75, 3.05) is 41.9 Å². The fourth-order valence-electron chi connectivity index (χ4n) is 5.30. The Kier molecular flexibility index (Phi) is 9.26. The number of rotatable bonds is 6. The van der Waals surface area contributed by atoms with Crippen LogP contribution in [0.4, 0.5) is 26.9 Å². The van der Waals surface area contributed by atoms with Crippen molar-refractivity contribution in [3.63, 3.8) is 0 Å². The molecule has 0 aromatic carbocycles. The molecule has 0 radical (unpaired) electrons. The Morgan fingerprint density at radius 2 is 1.71 bits per heavy atom. The third-order valence-electron chi connectivity index (χ3n) is 7.85. The number of fused-ring (bicyclic) bond motifs is 2. The highest BCUT2D eigenvalue weighted by atomic mass is 16.6. The van der Waals surface area contributed by atoms with Crippen molar-refractivity contribution >= 4 is 35.4 Å². The summed E-state index contributed by atoms with van der Waals surface area (Å²) in [7, 11) is 3.57. The van der Waals surface area contributed by atoms with Crippen molar-refractivity contribution in [1.82, 2.24) is 19.9 Å². The van der Waals surface area contributed by atoms with E-state index in [-0.39, 0.29) is 31.6 Å². The van der Waals surface area contributed by atoms with E-state index in [9.17, 15) is 14.4 Å². The highest BCUT2D eigenvalue weighted by molar-refractivity contribution is 6.10. The number of carbonyl (C=O) groups excluding carboxylic acids is 3. The van der Waals surface area contributed by atoms with Crippen molar-refractivity contribution in [3.05, 3.63) is 53.5 Å². The van der Waals surface area contributed by atoms with Crippen LogP contribution in [0.25, 0.3) is 11.3 Å². The maximum absolute atomic E-state index is 14.1. The lowest BCUT2D eigenvalue weighted by Gasteiger charge is -2.32. The van der Waals surface area contributed by atoms with Crippen LogP contribution in [0.15, 0.2) is 36.7 Å². The predicted molar refractivity (Wildman–Crippen MR) is 183 cm³/mol. The molecule has 48 heavy (non-hydrogen) atoms. The Morgan fingerprint density at radius 1 is 1.00 bits per heavy atom. The topological polar surface area (TPSA) is 131 Å². The first-order valence-electron chi connectivity index (χ1n) is 16.0. The normalized spacial score (nSPS) is 14.4. The summed E-state index contributed by atoms with van der Waals surface area (Å²) in [5, 5.41) is 0. The standard InChI is InChI=1S/C35H45N7O6/c1-21(2)40(10)29-16-22-24(26(38-29)20-39(9)32(44)47-34(3,4)5)19-42(31(22)43)28-13-11-12-25(37-28)23-17-36-18-27-30(23)46-15-14-41(27)33(45)48-35(6,7)8/h11-13,16-18,21H,14-15,19-20H2,1-10H3. The van der Waals surface area contributed by atoms with Gasteiger partial charge in [0.05, 0.1) is 48.3 Å². The van der Waals surface area contributed by atoms with Crippen LogP contribution in [0.5, 0.6) is 5.75 Å². The first-order chi connectivity index (χ1) is 22.4.